The van der Waals surface area contributed by atoms with Gasteiger partial charge in [0.1, 0.15) is 0 Å². The van der Waals surface area contributed by atoms with Gasteiger partial charge < -0.3 is 5.32 Å². The van der Waals surface area contributed by atoms with E-state index >= 15 is 0 Å². The predicted octanol–water partition coefficient (Wildman–Crippen LogP) is 2.90. The minimum Gasteiger partial charge on any atom is -0.351 e. The SMILES string of the molecule is ClCC1CCCC1Nc1ncc(I)cn1. The van der Waals surface area contributed by atoms with E-state index in [1.807, 2.05) is 12.4 Å². The fourth-order valence-corrected chi connectivity index (χ4v) is 2.61. The van der Waals surface area contributed by atoms with Gasteiger partial charge in [-0.1, -0.05) is 6.42 Å². The van der Waals surface area contributed by atoms with Crippen molar-refractivity contribution in [2.24, 2.45) is 5.92 Å². The Balaban J connectivity index is 1.99. The number of anilines is 1. The van der Waals surface area contributed by atoms with Crippen molar-refractivity contribution in [1.29, 1.82) is 0 Å². The van der Waals surface area contributed by atoms with Crippen LogP contribution in [-0.4, -0.2) is 21.9 Å². The van der Waals surface area contributed by atoms with E-state index in [-0.39, 0.29) is 0 Å². The van der Waals surface area contributed by atoms with Crippen LogP contribution >= 0.6 is 34.2 Å². The first-order valence-corrected chi connectivity index (χ1v) is 6.71. The molecule has 1 saturated carbocycles. The Hall–Kier alpha value is -0.100. The van der Waals surface area contributed by atoms with Crippen LogP contribution in [0, 0.1) is 9.49 Å². The summed E-state index contributed by atoms with van der Waals surface area (Å²) in [7, 11) is 0. The van der Waals surface area contributed by atoms with E-state index in [1.54, 1.807) is 0 Å². The minimum atomic E-state index is 0.447. The highest BCUT2D eigenvalue weighted by Crippen LogP contribution is 2.28. The summed E-state index contributed by atoms with van der Waals surface area (Å²) in [6, 6.07) is 0.447. The summed E-state index contributed by atoms with van der Waals surface area (Å²) in [6.45, 7) is 0. The molecule has 1 N–H and O–H groups in total. The summed E-state index contributed by atoms with van der Waals surface area (Å²) in [5.41, 5.74) is 0. The van der Waals surface area contributed by atoms with E-state index in [4.69, 9.17) is 11.6 Å². The average molecular weight is 338 g/mol. The van der Waals surface area contributed by atoms with Gasteiger partial charge in [-0.25, -0.2) is 9.97 Å². The maximum absolute atomic E-state index is 5.91. The molecule has 0 amide bonds. The number of rotatable bonds is 3. The first-order chi connectivity index (χ1) is 7.29. The second-order valence-corrected chi connectivity index (χ2v) is 5.38. The zero-order valence-electron chi connectivity index (χ0n) is 8.29. The van der Waals surface area contributed by atoms with Crippen LogP contribution < -0.4 is 5.32 Å². The van der Waals surface area contributed by atoms with Gasteiger partial charge in [-0.05, 0) is 41.4 Å². The highest BCUT2D eigenvalue weighted by molar-refractivity contribution is 14.1. The van der Waals surface area contributed by atoms with Crippen molar-refractivity contribution in [3.05, 3.63) is 16.0 Å². The standard InChI is InChI=1S/C10H13ClIN3/c11-4-7-2-1-3-9(7)15-10-13-5-8(12)6-14-10/h5-7,9H,1-4H2,(H,13,14,15). The van der Waals surface area contributed by atoms with Crippen LogP contribution in [0.25, 0.3) is 0 Å². The van der Waals surface area contributed by atoms with E-state index < -0.39 is 0 Å². The maximum Gasteiger partial charge on any atom is 0.222 e. The third-order valence-corrected chi connectivity index (χ3v) is 3.75. The van der Waals surface area contributed by atoms with E-state index in [2.05, 4.69) is 37.9 Å². The van der Waals surface area contributed by atoms with Gasteiger partial charge in [-0.15, -0.1) is 11.6 Å². The topological polar surface area (TPSA) is 37.8 Å². The Morgan fingerprint density at radius 3 is 2.80 bits per heavy atom. The Bertz CT molecular complexity index is 317. The second-order valence-electron chi connectivity index (χ2n) is 3.82. The molecule has 0 saturated heterocycles. The molecule has 0 bridgehead atoms. The highest BCUT2D eigenvalue weighted by atomic mass is 127. The van der Waals surface area contributed by atoms with E-state index in [1.165, 1.54) is 19.3 Å². The lowest BCUT2D eigenvalue weighted by molar-refractivity contribution is 0.559. The van der Waals surface area contributed by atoms with Crippen LogP contribution in [0.3, 0.4) is 0 Å². The quantitative estimate of drug-likeness (QED) is 0.681. The first-order valence-electron chi connectivity index (χ1n) is 5.09. The van der Waals surface area contributed by atoms with Crippen molar-refractivity contribution in [1.82, 2.24) is 9.97 Å². The molecule has 5 heteroatoms. The van der Waals surface area contributed by atoms with Crippen LogP contribution in [0.15, 0.2) is 12.4 Å². The molecule has 3 nitrogen and oxygen atoms in total. The minimum absolute atomic E-state index is 0.447. The molecule has 2 unspecified atom stereocenters. The summed E-state index contributed by atoms with van der Waals surface area (Å²) in [4.78, 5) is 8.48. The molecule has 82 valence electrons. The van der Waals surface area contributed by atoms with Crippen molar-refractivity contribution in [3.8, 4) is 0 Å². The molecule has 1 aliphatic carbocycles. The molecule has 1 fully saturated rings. The molecule has 15 heavy (non-hydrogen) atoms. The molecule has 0 aromatic carbocycles. The van der Waals surface area contributed by atoms with Gasteiger partial charge in [0.05, 0.1) is 0 Å². The summed E-state index contributed by atoms with van der Waals surface area (Å²) >= 11 is 8.11. The highest BCUT2D eigenvalue weighted by Gasteiger charge is 2.26. The van der Waals surface area contributed by atoms with Crippen LogP contribution in [0.5, 0.6) is 0 Å². The molecule has 2 rings (SSSR count). The Kier molecular flexibility index (Phi) is 4.02. The fourth-order valence-electron chi connectivity index (χ4n) is 1.96. The lowest BCUT2D eigenvalue weighted by Crippen LogP contribution is -2.26. The van der Waals surface area contributed by atoms with Crippen LogP contribution in [0.1, 0.15) is 19.3 Å². The summed E-state index contributed by atoms with van der Waals surface area (Å²) in [6.07, 6.45) is 7.28. The molecule has 0 radical (unpaired) electrons. The molecule has 1 heterocycles. The van der Waals surface area contributed by atoms with Gasteiger partial charge in [0.2, 0.25) is 5.95 Å². The summed E-state index contributed by atoms with van der Waals surface area (Å²) in [5, 5.41) is 3.36. The number of hydrogen-bond acceptors (Lipinski definition) is 3. The number of hydrogen-bond donors (Lipinski definition) is 1. The van der Waals surface area contributed by atoms with Crippen molar-refractivity contribution in [3.63, 3.8) is 0 Å². The fraction of sp³-hybridized carbons (Fsp3) is 0.600. The van der Waals surface area contributed by atoms with Gasteiger partial charge in [-0.3, -0.25) is 0 Å². The Morgan fingerprint density at radius 2 is 2.13 bits per heavy atom. The van der Waals surface area contributed by atoms with Gasteiger partial charge in [0.15, 0.2) is 0 Å². The smallest absolute Gasteiger partial charge is 0.222 e. The molecule has 2 atom stereocenters. The zero-order chi connectivity index (χ0) is 10.7. The molecule has 1 aromatic heterocycles. The lowest BCUT2D eigenvalue weighted by Gasteiger charge is -2.18. The van der Waals surface area contributed by atoms with Crippen molar-refractivity contribution < 1.29 is 0 Å². The molecule has 1 aliphatic rings. The number of halogens is 2. The molecule has 0 spiro atoms. The van der Waals surface area contributed by atoms with Crippen molar-refractivity contribution in [2.75, 3.05) is 11.2 Å². The van der Waals surface area contributed by atoms with Crippen LogP contribution in [0.4, 0.5) is 5.95 Å². The van der Waals surface area contributed by atoms with Gasteiger partial charge in [0.25, 0.3) is 0 Å². The first kappa shape index (κ1) is 11.4. The number of alkyl halides is 1. The van der Waals surface area contributed by atoms with Crippen LogP contribution in [-0.2, 0) is 0 Å². The second kappa shape index (κ2) is 5.30. The van der Waals surface area contributed by atoms with E-state index in [0.717, 1.165) is 15.4 Å². The third kappa shape index (κ3) is 2.93. The normalized spacial score (nSPS) is 25.5. The Labute approximate surface area is 108 Å². The monoisotopic (exact) mass is 337 g/mol. The zero-order valence-corrected chi connectivity index (χ0v) is 11.2. The van der Waals surface area contributed by atoms with Crippen LogP contribution in [0.2, 0.25) is 0 Å². The number of nitrogens with zero attached hydrogens (tertiary/aromatic N) is 2. The van der Waals surface area contributed by atoms with Gasteiger partial charge >= 0.3 is 0 Å². The van der Waals surface area contributed by atoms with Crippen molar-refractivity contribution >= 4 is 40.1 Å². The average Bonchev–Trinajstić information content (AvgIpc) is 2.69. The largest absolute Gasteiger partial charge is 0.351 e. The predicted molar refractivity (Wildman–Crippen MR) is 70.2 cm³/mol. The summed E-state index contributed by atoms with van der Waals surface area (Å²) < 4.78 is 1.05. The molecular weight excluding hydrogens is 324 g/mol. The molecule has 0 aliphatic heterocycles. The number of nitrogens with one attached hydrogen (secondary N) is 1. The lowest BCUT2D eigenvalue weighted by atomic mass is 10.1. The maximum atomic E-state index is 5.91. The van der Waals surface area contributed by atoms with Crippen molar-refractivity contribution in [2.45, 2.75) is 25.3 Å². The molecular formula is C10H13ClIN3. The van der Waals surface area contributed by atoms with E-state index in [9.17, 15) is 0 Å². The summed E-state index contributed by atoms with van der Waals surface area (Å²) in [5.74, 6) is 2.01. The van der Waals surface area contributed by atoms with Gasteiger partial charge in [-0.2, -0.15) is 0 Å². The Morgan fingerprint density at radius 1 is 1.40 bits per heavy atom. The number of aromatic nitrogens is 2. The molecule has 1 aromatic rings. The van der Waals surface area contributed by atoms with Gasteiger partial charge in [0, 0.05) is 27.9 Å². The third-order valence-electron chi connectivity index (χ3n) is 2.79. The van der Waals surface area contributed by atoms with E-state index in [0.29, 0.717) is 12.0 Å².